The van der Waals surface area contributed by atoms with E-state index >= 15 is 0 Å². The average Bonchev–Trinajstić information content (AvgIpc) is 3.13. The molecule has 0 radical (unpaired) electrons. The van der Waals surface area contributed by atoms with Gasteiger partial charge in [0, 0.05) is 6.54 Å². The van der Waals surface area contributed by atoms with Crippen LogP contribution in [0.2, 0.25) is 0 Å². The van der Waals surface area contributed by atoms with Crippen LogP contribution in [-0.4, -0.2) is 60.8 Å². The zero-order chi connectivity index (χ0) is 12.3. The number of amides is 1. The first-order valence-electron chi connectivity index (χ1n) is 5.99. The smallest absolute Gasteiger partial charge is 0.328 e. The normalized spacial score (nSPS) is 24.7. The zero-order valence-corrected chi connectivity index (χ0v) is 9.72. The van der Waals surface area contributed by atoms with Crippen molar-refractivity contribution in [2.45, 2.75) is 18.9 Å². The predicted molar refractivity (Wildman–Crippen MR) is 59.5 cm³/mol. The largest absolute Gasteiger partial charge is 0.480 e. The van der Waals surface area contributed by atoms with E-state index in [1.54, 1.807) is 0 Å². The quantitative estimate of drug-likeness (QED) is 0.666. The standard InChI is InChI=1S/C11H18N2O4/c14-10(6-12-5-8-1-2-8)13-3-4-17-7-9(13)11(15)16/h8-9,12H,1-7H2,(H,15,16). The minimum absolute atomic E-state index is 0.0870. The highest BCUT2D eigenvalue weighted by Crippen LogP contribution is 2.27. The van der Waals surface area contributed by atoms with Gasteiger partial charge in [0.05, 0.1) is 19.8 Å². The lowest BCUT2D eigenvalue weighted by Crippen LogP contribution is -2.54. The summed E-state index contributed by atoms with van der Waals surface area (Å²) in [6.07, 6.45) is 2.47. The summed E-state index contributed by atoms with van der Waals surface area (Å²) in [4.78, 5) is 24.2. The molecule has 96 valence electrons. The highest BCUT2D eigenvalue weighted by molar-refractivity contribution is 5.85. The predicted octanol–water partition coefficient (Wildman–Crippen LogP) is -0.702. The van der Waals surface area contributed by atoms with E-state index in [9.17, 15) is 9.59 Å². The third kappa shape index (κ3) is 3.41. The minimum Gasteiger partial charge on any atom is -0.480 e. The van der Waals surface area contributed by atoms with Crippen molar-refractivity contribution in [3.05, 3.63) is 0 Å². The van der Waals surface area contributed by atoms with Gasteiger partial charge < -0.3 is 20.1 Å². The van der Waals surface area contributed by atoms with Crippen LogP contribution in [0.5, 0.6) is 0 Å². The molecule has 2 rings (SSSR count). The maximum Gasteiger partial charge on any atom is 0.328 e. The van der Waals surface area contributed by atoms with E-state index in [-0.39, 0.29) is 19.1 Å². The third-order valence-corrected chi connectivity index (χ3v) is 3.14. The minimum atomic E-state index is -1.000. The number of hydrogen-bond acceptors (Lipinski definition) is 4. The van der Waals surface area contributed by atoms with Gasteiger partial charge in [-0.2, -0.15) is 0 Å². The molecule has 6 nitrogen and oxygen atoms in total. The van der Waals surface area contributed by atoms with Crippen molar-refractivity contribution in [3.8, 4) is 0 Å². The topological polar surface area (TPSA) is 78.9 Å². The molecular formula is C11H18N2O4. The van der Waals surface area contributed by atoms with Gasteiger partial charge in [-0.05, 0) is 25.3 Å². The summed E-state index contributed by atoms with van der Waals surface area (Å²) < 4.78 is 5.08. The second-order valence-corrected chi connectivity index (χ2v) is 4.59. The molecule has 6 heteroatoms. The van der Waals surface area contributed by atoms with Crippen molar-refractivity contribution in [1.29, 1.82) is 0 Å². The Morgan fingerprint density at radius 3 is 2.82 bits per heavy atom. The number of morpholine rings is 1. The molecule has 1 atom stereocenters. The number of ether oxygens (including phenoxy) is 1. The number of aliphatic carboxylic acids is 1. The van der Waals surface area contributed by atoms with E-state index in [1.807, 2.05) is 0 Å². The Kier molecular flexibility index (Phi) is 3.96. The van der Waals surface area contributed by atoms with Crippen LogP contribution in [0.1, 0.15) is 12.8 Å². The summed E-state index contributed by atoms with van der Waals surface area (Å²) in [7, 11) is 0. The van der Waals surface area contributed by atoms with E-state index in [0.717, 1.165) is 6.54 Å². The molecule has 0 aromatic rings. The van der Waals surface area contributed by atoms with Crippen LogP contribution in [0.4, 0.5) is 0 Å². The molecule has 2 fully saturated rings. The van der Waals surface area contributed by atoms with Gasteiger partial charge in [-0.1, -0.05) is 0 Å². The van der Waals surface area contributed by atoms with Gasteiger partial charge in [0.15, 0.2) is 6.04 Å². The second-order valence-electron chi connectivity index (χ2n) is 4.59. The summed E-state index contributed by atoms with van der Waals surface area (Å²) >= 11 is 0. The van der Waals surface area contributed by atoms with Gasteiger partial charge in [-0.3, -0.25) is 4.79 Å². The van der Waals surface area contributed by atoms with Crippen LogP contribution in [-0.2, 0) is 14.3 Å². The van der Waals surface area contributed by atoms with E-state index < -0.39 is 12.0 Å². The number of nitrogens with one attached hydrogen (secondary N) is 1. The fourth-order valence-electron chi connectivity index (χ4n) is 1.91. The van der Waals surface area contributed by atoms with Crippen LogP contribution in [0.25, 0.3) is 0 Å². The van der Waals surface area contributed by atoms with Gasteiger partial charge in [0.2, 0.25) is 5.91 Å². The van der Waals surface area contributed by atoms with Gasteiger partial charge in [0.1, 0.15) is 0 Å². The fraction of sp³-hybridized carbons (Fsp3) is 0.818. The first-order chi connectivity index (χ1) is 8.18. The van der Waals surface area contributed by atoms with E-state index in [4.69, 9.17) is 9.84 Å². The van der Waals surface area contributed by atoms with Crippen LogP contribution < -0.4 is 5.32 Å². The summed E-state index contributed by atoms with van der Waals surface area (Å²) in [5, 5.41) is 12.1. The average molecular weight is 242 g/mol. The zero-order valence-electron chi connectivity index (χ0n) is 9.72. The Bertz CT molecular complexity index is 304. The summed E-state index contributed by atoms with van der Waals surface area (Å²) in [5.41, 5.74) is 0. The lowest BCUT2D eigenvalue weighted by molar-refractivity contribution is -0.157. The Balaban J connectivity index is 1.79. The first kappa shape index (κ1) is 12.3. The molecule has 2 N–H and O–H groups in total. The summed E-state index contributed by atoms with van der Waals surface area (Å²) in [6, 6.07) is -0.834. The number of carbonyl (C=O) groups is 2. The monoisotopic (exact) mass is 242 g/mol. The molecule has 0 aromatic heterocycles. The van der Waals surface area contributed by atoms with E-state index in [1.165, 1.54) is 17.7 Å². The van der Waals surface area contributed by atoms with Crippen molar-refractivity contribution < 1.29 is 19.4 Å². The van der Waals surface area contributed by atoms with Crippen molar-refractivity contribution in [2.75, 3.05) is 32.8 Å². The van der Waals surface area contributed by atoms with Crippen molar-refractivity contribution in [1.82, 2.24) is 10.2 Å². The van der Waals surface area contributed by atoms with E-state index in [0.29, 0.717) is 19.1 Å². The summed E-state index contributed by atoms with van der Waals surface area (Å²) in [6.45, 7) is 1.94. The Hall–Kier alpha value is -1.14. The first-order valence-corrected chi connectivity index (χ1v) is 5.99. The number of nitrogens with zero attached hydrogens (tertiary/aromatic N) is 1. The van der Waals surface area contributed by atoms with Crippen molar-refractivity contribution in [3.63, 3.8) is 0 Å². The fourth-order valence-corrected chi connectivity index (χ4v) is 1.91. The molecule has 0 aromatic carbocycles. The maximum absolute atomic E-state index is 11.9. The van der Waals surface area contributed by atoms with Crippen LogP contribution in [0.3, 0.4) is 0 Å². The lowest BCUT2D eigenvalue weighted by Gasteiger charge is -2.32. The lowest BCUT2D eigenvalue weighted by atomic mass is 10.2. The molecule has 1 saturated carbocycles. The molecule has 1 saturated heterocycles. The number of carboxylic acid groups (broad SMARTS) is 1. The molecule has 0 bridgehead atoms. The highest BCUT2D eigenvalue weighted by Gasteiger charge is 2.32. The molecule has 0 spiro atoms. The van der Waals surface area contributed by atoms with Crippen LogP contribution in [0.15, 0.2) is 0 Å². The molecule has 17 heavy (non-hydrogen) atoms. The third-order valence-electron chi connectivity index (χ3n) is 3.14. The van der Waals surface area contributed by atoms with Crippen LogP contribution in [0, 0.1) is 5.92 Å². The van der Waals surface area contributed by atoms with Crippen molar-refractivity contribution in [2.24, 2.45) is 5.92 Å². The maximum atomic E-state index is 11.9. The highest BCUT2D eigenvalue weighted by atomic mass is 16.5. The molecular weight excluding hydrogens is 224 g/mol. The van der Waals surface area contributed by atoms with Gasteiger partial charge >= 0.3 is 5.97 Å². The molecule has 1 unspecified atom stereocenters. The van der Waals surface area contributed by atoms with Crippen LogP contribution >= 0.6 is 0 Å². The van der Waals surface area contributed by atoms with E-state index in [2.05, 4.69) is 5.32 Å². The molecule has 1 aliphatic heterocycles. The molecule has 1 amide bonds. The summed E-state index contributed by atoms with van der Waals surface area (Å²) in [5.74, 6) is -0.440. The Labute approximate surface area is 99.9 Å². The Morgan fingerprint density at radius 1 is 1.41 bits per heavy atom. The number of carboxylic acids is 1. The van der Waals surface area contributed by atoms with Gasteiger partial charge in [0.25, 0.3) is 0 Å². The molecule has 1 heterocycles. The Morgan fingerprint density at radius 2 is 2.18 bits per heavy atom. The molecule has 2 aliphatic rings. The van der Waals surface area contributed by atoms with Crippen molar-refractivity contribution >= 4 is 11.9 Å². The second kappa shape index (κ2) is 5.46. The SMILES string of the molecule is O=C(O)C1COCCN1C(=O)CNCC1CC1. The van der Waals surface area contributed by atoms with Gasteiger partial charge in [-0.25, -0.2) is 4.79 Å². The number of rotatable bonds is 5. The molecule has 1 aliphatic carbocycles. The number of carbonyl (C=O) groups excluding carboxylic acids is 1. The number of hydrogen-bond donors (Lipinski definition) is 2. The van der Waals surface area contributed by atoms with Gasteiger partial charge in [-0.15, -0.1) is 0 Å².